The summed E-state index contributed by atoms with van der Waals surface area (Å²) in [7, 11) is 0. The summed E-state index contributed by atoms with van der Waals surface area (Å²) >= 11 is 0. The molecule has 1 unspecified atom stereocenters. The maximum atomic E-state index is 11.7. The van der Waals surface area contributed by atoms with Gasteiger partial charge in [-0.3, -0.25) is 4.79 Å². The van der Waals surface area contributed by atoms with E-state index in [4.69, 9.17) is 9.84 Å². The van der Waals surface area contributed by atoms with E-state index in [0.717, 1.165) is 5.56 Å². The van der Waals surface area contributed by atoms with Gasteiger partial charge in [-0.15, -0.1) is 0 Å². The summed E-state index contributed by atoms with van der Waals surface area (Å²) in [6.07, 6.45) is 0.431. The molecule has 0 saturated carbocycles. The Hall–Kier alpha value is -1.39. The van der Waals surface area contributed by atoms with Crippen LogP contribution in [0, 0.1) is 0 Å². The van der Waals surface area contributed by atoms with Crippen LogP contribution < -0.4 is 0 Å². The van der Waals surface area contributed by atoms with Gasteiger partial charge in [-0.2, -0.15) is 0 Å². The van der Waals surface area contributed by atoms with E-state index in [1.165, 1.54) is 0 Å². The molecule has 4 nitrogen and oxygen atoms in total. The number of carbonyl (C=O) groups is 1. The van der Waals surface area contributed by atoms with Gasteiger partial charge in [0, 0.05) is 19.4 Å². The number of rotatable bonds is 7. The molecular weight excluding hydrogens is 244 g/mol. The zero-order chi connectivity index (χ0) is 14.3. The molecule has 2 N–H and O–H groups in total. The smallest absolute Gasteiger partial charge is 0.306 e. The van der Waals surface area contributed by atoms with Crippen molar-refractivity contribution in [2.24, 2.45) is 0 Å². The highest BCUT2D eigenvalue weighted by Crippen LogP contribution is 2.17. The van der Waals surface area contributed by atoms with Crippen molar-refractivity contribution in [1.29, 1.82) is 0 Å². The molecule has 0 radical (unpaired) electrons. The maximum Gasteiger partial charge on any atom is 0.306 e. The topological polar surface area (TPSA) is 66.8 Å². The highest BCUT2D eigenvalue weighted by atomic mass is 16.6. The van der Waals surface area contributed by atoms with Crippen molar-refractivity contribution in [3.8, 4) is 0 Å². The van der Waals surface area contributed by atoms with E-state index in [1.54, 1.807) is 13.8 Å². The Morgan fingerprint density at radius 3 is 2.47 bits per heavy atom. The van der Waals surface area contributed by atoms with Crippen LogP contribution in [-0.2, 0) is 16.0 Å². The standard InChI is InChI=1S/C15H22O4/c1-15(2,18)13(10-11-16)19-14(17)9-8-12-6-4-3-5-7-12/h3-7,13,16,18H,8-11H2,1-2H3. The van der Waals surface area contributed by atoms with Crippen LogP contribution >= 0.6 is 0 Å². The van der Waals surface area contributed by atoms with Crippen LogP contribution in [0.2, 0.25) is 0 Å². The van der Waals surface area contributed by atoms with Crippen LogP contribution in [0.4, 0.5) is 0 Å². The number of benzene rings is 1. The van der Waals surface area contributed by atoms with Crippen molar-refractivity contribution < 1.29 is 19.7 Å². The van der Waals surface area contributed by atoms with Gasteiger partial charge < -0.3 is 14.9 Å². The molecule has 0 aliphatic rings. The van der Waals surface area contributed by atoms with Crippen molar-refractivity contribution in [3.05, 3.63) is 35.9 Å². The lowest BCUT2D eigenvalue weighted by molar-refractivity contribution is -0.163. The van der Waals surface area contributed by atoms with Crippen molar-refractivity contribution in [2.75, 3.05) is 6.61 Å². The number of aryl methyl sites for hydroxylation is 1. The van der Waals surface area contributed by atoms with Gasteiger partial charge in [0.2, 0.25) is 0 Å². The molecule has 19 heavy (non-hydrogen) atoms. The molecule has 0 aliphatic heterocycles. The van der Waals surface area contributed by atoms with Gasteiger partial charge in [0.15, 0.2) is 0 Å². The molecule has 0 aromatic heterocycles. The van der Waals surface area contributed by atoms with Crippen molar-refractivity contribution in [2.45, 2.75) is 44.8 Å². The molecule has 0 fully saturated rings. The van der Waals surface area contributed by atoms with Crippen LogP contribution in [0.5, 0.6) is 0 Å². The second kappa shape index (κ2) is 7.26. The summed E-state index contributed by atoms with van der Waals surface area (Å²) in [5, 5.41) is 18.8. The minimum Gasteiger partial charge on any atom is -0.459 e. The van der Waals surface area contributed by atoms with Gasteiger partial charge in [0.25, 0.3) is 0 Å². The SMILES string of the molecule is CC(C)(O)C(CCO)OC(=O)CCc1ccccc1. The fourth-order valence-corrected chi connectivity index (χ4v) is 1.78. The summed E-state index contributed by atoms with van der Waals surface area (Å²) in [4.78, 5) is 11.7. The first-order chi connectivity index (χ1) is 8.93. The number of carbonyl (C=O) groups excluding carboxylic acids is 1. The Morgan fingerprint density at radius 2 is 1.95 bits per heavy atom. The first-order valence-corrected chi connectivity index (χ1v) is 6.50. The van der Waals surface area contributed by atoms with E-state index in [1.807, 2.05) is 30.3 Å². The van der Waals surface area contributed by atoms with Gasteiger partial charge >= 0.3 is 5.97 Å². The second-order valence-electron chi connectivity index (χ2n) is 5.13. The third-order valence-corrected chi connectivity index (χ3v) is 2.91. The Morgan fingerprint density at radius 1 is 1.32 bits per heavy atom. The van der Waals surface area contributed by atoms with Crippen LogP contribution in [0.15, 0.2) is 30.3 Å². The predicted octanol–water partition coefficient (Wildman–Crippen LogP) is 1.68. The average Bonchev–Trinajstić information content (AvgIpc) is 2.36. The fraction of sp³-hybridized carbons (Fsp3) is 0.533. The number of hydrogen-bond donors (Lipinski definition) is 2. The lowest BCUT2D eigenvalue weighted by Crippen LogP contribution is -2.40. The first-order valence-electron chi connectivity index (χ1n) is 6.50. The van der Waals surface area contributed by atoms with Crippen molar-refractivity contribution >= 4 is 5.97 Å². The van der Waals surface area contributed by atoms with Gasteiger partial charge in [-0.1, -0.05) is 30.3 Å². The van der Waals surface area contributed by atoms with Crippen molar-refractivity contribution in [3.63, 3.8) is 0 Å². The zero-order valence-corrected chi connectivity index (χ0v) is 11.5. The summed E-state index contributed by atoms with van der Waals surface area (Å²) in [6.45, 7) is 3.01. The highest BCUT2D eigenvalue weighted by molar-refractivity contribution is 5.70. The van der Waals surface area contributed by atoms with Crippen molar-refractivity contribution in [1.82, 2.24) is 0 Å². The minimum absolute atomic E-state index is 0.124. The van der Waals surface area contributed by atoms with E-state index in [-0.39, 0.29) is 25.4 Å². The second-order valence-corrected chi connectivity index (χ2v) is 5.13. The van der Waals surface area contributed by atoms with Crippen LogP contribution in [0.1, 0.15) is 32.3 Å². The van der Waals surface area contributed by atoms with Crippen LogP contribution in [0.25, 0.3) is 0 Å². The lowest BCUT2D eigenvalue weighted by atomic mass is 9.99. The molecule has 0 bridgehead atoms. The monoisotopic (exact) mass is 266 g/mol. The van der Waals surface area contributed by atoms with E-state index in [9.17, 15) is 9.90 Å². The van der Waals surface area contributed by atoms with E-state index < -0.39 is 11.7 Å². The zero-order valence-electron chi connectivity index (χ0n) is 11.5. The molecule has 0 spiro atoms. The molecule has 1 atom stereocenters. The van der Waals surface area contributed by atoms with Gasteiger partial charge in [0.05, 0.1) is 5.60 Å². The fourth-order valence-electron chi connectivity index (χ4n) is 1.78. The largest absolute Gasteiger partial charge is 0.459 e. The third-order valence-electron chi connectivity index (χ3n) is 2.91. The number of esters is 1. The normalized spacial score (nSPS) is 13.1. The van der Waals surface area contributed by atoms with Gasteiger partial charge in [0.1, 0.15) is 6.10 Å². The number of hydrogen-bond acceptors (Lipinski definition) is 4. The molecule has 0 aliphatic carbocycles. The molecule has 1 aromatic carbocycles. The molecule has 1 rings (SSSR count). The first kappa shape index (κ1) is 15.7. The van der Waals surface area contributed by atoms with E-state index in [0.29, 0.717) is 6.42 Å². The summed E-state index contributed by atoms with van der Waals surface area (Å²) in [5.41, 5.74) is -0.0769. The Kier molecular flexibility index (Phi) is 5.99. The number of ether oxygens (including phenoxy) is 1. The highest BCUT2D eigenvalue weighted by Gasteiger charge is 2.29. The summed E-state index contributed by atoms with van der Waals surface area (Å²) < 4.78 is 5.23. The van der Waals surface area contributed by atoms with E-state index in [2.05, 4.69) is 0 Å². The van der Waals surface area contributed by atoms with Crippen LogP contribution in [-0.4, -0.2) is 34.5 Å². The van der Waals surface area contributed by atoms with Gasteiger partial charge in [-0.25, -0.2) is 0 Å². The molecule has 4 heteroatoms. The van der Waals surface area contributed by atoms with Crippen LogP contribution in [0.3, 0.4) is 0 Å². The molecule has 1 aromatic rings. The Labute approximate surface area is 114 Å². The quantitative estimate of drug-likeness (QED) is 0.737. The molecular formula is C15H22O4. The summed E-state index contributed by atoms with van der Waals surface area (Å²) in [6, 6.07) is 9.68. The number of aliphatic hydroxyl groups excluding tert-OH is 1. The molecule has 0 saturated heterocycles. The Balaban J connectivity index is 2.45. The number of aliphatic hydroxyl groups is 2. The minimum atomic E-state index is -1.15. The Bertz CT molecular complexity index is 381. The average molecular weight is 266 g/mol. The molecule has 0 heterocycles. The maximum absolute atomic E-state index is 11.7. The molecule has 0 amide bonds. The predicted molar refractivity (Wildman–Crippen MR) is 72.6 cm³/mol. The summed E-state index contributed by atoms with van der Waals surface area (Å²) in [5.74, 6) is -0.357. The van der Waals surface area contributed by atoms with E-state index >= 15 is 0 Å². The third kappa shape index (κ3) is 5.85. The molecule has 106 valence electrons. The van der Waals surface area contributed by atoms with Gasteiger partial charge in [-0.05, 0) is 25.8 Å². The lowest BCUT2D eigenvalue weighted by Gasteiger charge is -2.28.